The summed E-state index contributed by atoms with van der Waals surface area (Å²) < 4.78 is 9.98. The van der Waals surface area contributed by atoms with E-state index in [2.05, 4.69) is 4.74 Å². The molecular formula is C14H18N2O4. The summed E-state index contributed by atoms with van der Waals surface area (Å²) in [5.74, 6) is 0.276. The predicted molar refractivity (Wildman–Crippen MR) is 73.4 cm³/mol. The van der Waals surface area contributed by atoms with Gasteiger partial charge in [0.15, 0.2) is 6.61 Å². The molecule has 0 atom stereocenters. The third kappa shape index (κ3) is 3.08. The monoisotopic (exact) mass is 278 g/mol. The molecule has 1 aromatic rings. The van der Waals surface area contributed by atoms with Crippen molar-refractivity contribution in [2.75, 3.05) is 25.2 Å². The number of benzene rings is 1. The molecule has 2 rings (SSSR count). The fourth-order valence-electron chi connectivity index (χ4n) is 2.10. The van der Waals surface area contributed by atoms with E-state index in [1.165, 1.54) is 7.11 Å². The molecule has 0 saturated carbocycles. The molecule has 0 aromatic heterocycles. The van der Waals surface area contributed by atoms with E-state index in [0.717, 1.165) is 5.56 Å². The molecule has 1 heterocycles. The number of carbonyl (C=O) groups is 2. The average Bonchev–Trinajstić information content (AvgIpc) is 2.48. The van der Waals surface area contributed by atoms with Gasteiger partial charge in [0, 0.05) is 19.5 Å². The van der Waals surface area contributed by atoms with Gasteiger partial charge in [0.1, 0.15) is 5.75 Å². The van der Waals surface area contributed by atoms with Crippen molar-refractivity contribution in [3.63, 3.8) is 0 Å². The Hall–Kier alpha value is -2.08. The van der Waals surface area contributed by atoms with E-state index in [-0.39, 0.29) is 24.9 Å². The number of nitrogens with two attached hydrogens (primary N) is 1. The molecular weight excluding hydrogens is 260 g/mol. The third-order valence-corrected chi connectivity index (χ3v) is 3.19. The number of methoxy groups -OCH3 is 1. The lowest BCUT2D eigenvalue weighted by Crippen LogP contribution is -2.39. The second-order valence-electron chi connectivity index (χ2n) is 4.52. The lowest BCUT2D eigenvalue weighted by Gasteiger charge is -2.29. The topological polar surface area (TPSA) is 81.9 Å². The Labute approximate surface area is 117 Å². The Morgan fingerprint density at radius 2 is 2.30 bits per heavy atom. The minimum atomic E-state index is -0.276. The molecule has 20 heavy (non-hydrogen) atoms. The highest BCUT2D eigenvalue weighted by atomic mass is 16.5. The standard InChI is InChI=1S/C14H18N2O4/c1-19-14(18)3-2-6-16-11-7-10(8-15)4-5-12(11)20-9-13(16)17/h4-5,7H,2-3,6,8-9,15H2,1H3. The first kappa shape index (κ1) is 14.3. The van der Waals surface area contributed by atoms with Crippen LogP contribution >= 0.6 is 0 Å². The first-order chi connectivity index (χ1) is 9.65. The van der Waals surface area contributed by atoms with E-state index >= 15 is 0 Å². The van der Waals surface area contributed by atoms with Gasteiger partial charge >= 0.3 is 5.97 Å². The van der Waals surface area contributed by atoms with Gasteiger partial charge in [-0.05, 0) is 24.1 Å². The fraction of sp³-hybridized carbons (Fsp3) is 0.429. The van der Waals surface area contributed by atoms with Crippen LogP contribution in [0.5, 0.6) is 5.75 Å². The van der Waals surface area contributed by atoms with E-state index < -0.39 is 0 Å². The number of hydrogen-bond donors (Lipinski definition) is 1. The lowest BCUT2D eigenvalue weighted by atomic mass is 10.1. The molecule has 0 aliphatic carbocycles. The predicted octanol–water partition coefficient (Wildman–Crippen LogP) is 0.824. The molecule has 6 nitrogen and oxygen atoms in total. The molecule has 1 aliphatic rings. The number of esters is 1. The Balaban J connectivity index is 2.12. The van der Waals surface area contributed by atoms with Crippen molar-refractivity contribution in [3.8, 4) is 5.75 Å². The second-order valence-corrected chi connectivity index (χ2v) is 4.52. The van der Waals surface area contributed by atoms with Gasteiger partial charge < -0.3 is 20.1 Å². The van der Waals surface area contributed by atoms with Crippen LogP contribution in [0.15, 0.2) is 18.2 Å². The van der Waals surface area contributed by atoms with Gasteiger partial charge in [0.25, 0.3) is 5.91 Å². The molecule has 2 N–H and O–H groups in total. The number of anilines is 1. The van der Waals surface area contributed by atoms with Crippen molar-refractivity contribution < 1.29 is 19.1 Å². The van der Waals surface area contributed by atoms with Crippen molar-refractivity contribution in [1.82, 2.24) is 0 Å². The van der Waals surface area contributed by atoms with Crippen molar-refractivity contribution in [2.45, 2.75) is 19.4 Å². The van der Waals surface area contributed by atoms with Crippen LogP contribution in [0.4, 0.5) is 5.69 Å². The van der Waals surface area contributed by atoms with E-state index in [0.29, 0.717) is 30.9 Å². The van der Waals surface area contributed by atoms with Crippen LogP contribution in [0.3, 0.4) is 0 Å². The first-order valence-electron chi connectivity index (χ1n) is 6.48. The first-order valence-corrected chi connectivity index (χ1v) is 6.48. The SMILES string of the molecule is COC(=O)CCCN1C(=O)COc2ccc(CN)cc21. The maximum atomic E-state index is 12.0. The smallest absolute Gasteiger partial charge is 0.305 e. The van der Waals surface area contributed by atoms with E-state index in [1.807, 2.05) is 18.2 Å². The normalized spacial score (nSPS) is 13.7. The number of nitrogens with zero attached hydrogens (tertiary/aromatic N) is 1. The Morgan fingerprint density at radius 1 is 1.50 bits per heavy atom. The maximum absolute atomic E-state index is 12.0. The van der Waals surface area contributed by atoms with Gasteiger partial charge in [-0.3, -0.25) is 9.59 Å². The van der Waals surface area contributed by atoms with Gasteiger partial charge in [0.2, 0.25) is 0 Å². The van der Waals surface area contributed by atoms with Crippen molar-refractivity contribution in [2.24, 2.45) is 5.73 Å². The molecule has 0 fully saturated rings. The van der Waals surface area contributed by atoms with Crippen LogP contribution in [0.25, 0.3) is 0 Å². The van der Waals surface area contributed by atoms with Crippen LogP contribution < -0.4 is 15.4 Å². The summed E-state index contributed by atoms with van der Waals surface area (Å²) in [6.07, 6.45) is 0.831. The summed E-state index contributed by atoms with van der Waals surface area (Å²) >= 11 is 0. The highest BCUT2D eigenvalue weighted by Gasteiger charge is 2.25. The minimum Gasteiger partial charge on any atom is -0.482 e. The highest BCUT2D eigenvalue weighted by molar-refractivity contribution is 5.97. The Kier molecular flexibility index (Phi) is 4.57. The molecule has 0 spiro atoms. The zero-order valence-electron chi connectivity index (χ0n) is 11.4. The summed E-state index contributed by atoms with van der Waals surface area (Å²) in [6, 6.07) is 5.54. The molecule has 0 unspecified atom stereocenters. The Morgan fingerprint density at radius 3 is 3.00 bits per heavy atom. The second kappa shape index (κ2) is 6.38. The quantitative estimate of drug-likeness (QED) is 0.806. The van der Waals surface area contributed by atoms with Crippen molar-refractivity contribution in [3.05, 3.63) is 23.8 Å². The summed E-state index contributed by atoms with van der Waals surface area (Å²) in [5.41, 5.74) is 7.26. The van der Waals surface area contributed by atoms with Crippen molar-refractivity contribution in [1.29, 1.82) is 0 Å². The van der Waals surface area contributed by atoms with Gasteiger partial charge in [-0.15, -0.1) is 0 Å². The van der Waals surface area contributed by atoms with Gasteiger partial charge in [-0.25, -0.2) is 0 Å². The van der Waals surface area contributed by atoms with E-state index in [4.69, 9.17) is 10.5 Å². The largest absolute Gasteiger partial charge is 0.482 e. The molecule has 1 aromatic carbocycles. The van der Waals surface area contributed by atoms with Crippen LogP contribution in [0, 0.1) is 0 Å². The zero-order valence-corrected chi connectivity index (χ0v) is 11.4. The molecule has 0 bridgehead atoms. The number of carbonyl (C=O) groups excluding carboxylic acids is 2. The maximum Gasteiger partial charge on any atom is 0.305 e. The molecule has 1 amide bonds. The number of rotatable bonds is 5. The number of hydrogen-bond acceptors (Lipinski definition) is 5. The van der Waals surface area contributed by atoms with E-state index in [1.54, 1.807) is 4.90 Å². The summed E-state index contributed by atoms with van der Waals surface area (Å²) in [5, 5.41) is 0. The van der Waals surface area contributed by atoms with Crippen molar-refractivity contribution >= 4 is 17.6 Å². The fourth-order valence-corrected chi connectivity index (χ4v) is 2.10. The highest BCUT2D eigenvalue weighted by Crippen LogP contribution is 2.33. The zero-order chi connectivity index (χ0) is 14.5. The van der Waals surface area contributed by atoms with Gasteiger partial charge in [0.05, 0.1) is 12.8 Å². The molecule has 108 valence electrons. The van der Waals surface area contributed by atoms with Gasteiger partial charge in [-0.2, -0.15) is 0 Å². The number of ether oxygens (including phenoxy) is 2. The van der Waals surface area contributed by atoms with Crippen LogP contribution in [0.2, 0.25) is 0 Å². The molecule has 6 heteroatoms. The average molecular weight is 278 g/mol. The minimum absolute atomic E-state index is 0.0210. The van der Waals surface area contributed by atoms with Crippen LogP contribution in [0.1, 0.15) is 18.4 Å². The van der Waals surface area contributed by atoms with E-state index in [9.17, 15) is 9.59 Å². The summed E-state index contributed by atoms with van der Waals surface area (Å²) in [7, 11) is 1.35. The third-order valence-electron chi connectivity index (χ3n) is 3.19. The molecule has 1 aliphatic heterocycles. The van der Waals surface area contributed by atoms with Crippen LogP contribution in [-0.2, 0) is 20.9 Å². The molecule has 0 radical (unpaired) electrons. The van der Waals surface area contributed by atoms with Gasteiger partial charge in [-0.1, -0.05) is 6.07 Å². The summed E-state index contributed by atoms with van der Waals surface area (Å²) in [4.78, 5) is 24.7. The molecule has 0 saturated heterocycles. The Bertz CT molecular complexity index is 516. The number of amides is 1. The lowest BCUT2D eigenvalue weighted by molar-refractivity contribution is -0.140. The van der Waals surface area contributed by atoms with Crippen LogP contribution in [-0.4, -0.2) is 32.1 Å². The number of fused-ring (bicyclic) bond motifs is 1. The summed E-state index contributed by atoms with van der Waals surface area (Å²) in [6.45, 7) is 0.878.